The van der Waals surface area contributed by atoms with Gasteiger partial charge in [-0.05, 0) is 0 Å². The Labute approximate surface area is 107 Å². The zero-order chi connectivity index (χ0) is 11.8. The molecule has 3 aromatic rings. The molecule has 0 unspecified atom stereocenters. The van der Waals surface area contributed by atoms with E-state index in [0.717, 1.165) is 20.5 Å². The molecule has 0 radical (unpaired) electrons. The molecule has 0 bridgehead atoms. The van der Waals surface area contributed by atoms with Crippen molar-refractivity contribution in [2.75, 3.05) is 7.11 Å². The standard InChI is InChI=1S/C11H8N2O2SSe/c1-15-7-2-3-8-9(6-7)17-13(10(8)14)11-12-4-5-16-11/h2-6H,1H3. The third-order valence-electron chi connectivity index (χ3n) is 2.39. The number of benzene rings is 1. The van der Waals surface area contributed by atoms with Gasteiger partial charge in [0, 0.05) is 0 Å². The van der Waals surface area contributed by atoms with Gasteiger partial charge in [0.2, 0.25) is 0 Å². The molecule has 0 aliphatic carbocycles. The van der Waals surface area contributed by atoms with Crippen molar-refractivity contribution in [2.45, 2.75) is 0 Å². The molecule has 0 N–H and O–H groups in total. The number of hydrogen-bond acceptors (Lipinski definition) is 4. The van der Waals surface area contributed by atoms with Crippen LogP contribution < -0.4 is 10.3 Å². The Balaban J connectivity index is 2.28. The maximum absolute atomic E-state index is 12.2. The van der Waals surface area contributed by atoms with E-state index in [9.17, 15) is 4.79 Å². The van der Waals surface area contributed by atoms with Crippen LogP contribution in [0, 0.1) is 0 Å². The van der Waals surface area contributed by atoms with Gasteiger partial charge in [0.15, 0.2) is 0 Å². The number of nitrogens with zero attached hydrogens (tertiary/aromatic N) is 2. The second kappa shape index (κ2) is 4.14. The summed E-state index contributed by atoms with van der Waals surface area (Å²) in [7, 11) is 1.63. The van der Waals surface area contributed by atoms with E-state index in [4.69, 9.17) is 4.74 Å². The Kier molecular flexibility index (Phi) is 2.63. The van der Waals surface area contributed by atoms with Gasteiger partial charge < -0.3 is 0 Å². The molecule has 0 spiro atoms. The Bertz CT molecular complexity index is 715. The summed E-state index contributed by atoms with van der Waals surface area (Å²) in [6.07, 6.45) is 1.72. The van der Waals surface area contributed by atoms with E-state index >= 15 is 0 Å². The Morgan fingerprint density at radius 1 is 1.47 bits per heavy atom. The number of rotatable bonds is 2. The molecule has 0 saturated heterocycles. The number of fused-ring (bicyclic) bond motifs is 1. The van der Waals surface area contributed by atoms with Crippen LogP contribution in [0.4, 0.5) is 0 Å². The fourth-order valence-electron chi connectivity index (χ4n) is 1.57. The molecule has 4 nitrogen and oxygen atoms in total. The third kappa shape index (κ3) is 1.74. The van der Waals surface area contributed by atoms with Crippen molar-refractivity contribution in [1.29, 1.82) is 0 Å². The van der Waals surface area contributed by atoms with E-state index in [0.29, 0.717) is 0 Å². The van der Waals surface area contributed by atoms with Gasteiger partial charge in [-0.1, -0.05) is 0 Å². The van der Waals surface area contributed by atoms with Gasteiger partial charge in [0.25, 0.3) is 0 Å². The monoisotopic (exact) mass is 312 g/mol. The molecule has 17 heavy (non-hydrogen) atoms. The van der Waals surface area contributed by atoms with Crippen LogP contribution in [0.1, 0.15) is 0 Å². The second-order valence-corrected chi connectivity index (χ2v) is 6.31. The SMILES string of the molecule is COc1ccc2c(=O)n(-c3nccs3)[se]c2c1. The van der Waals surface area contributed by atoms with Crippen LogP contribution in [0.5, 0.6) is 5.75 Å². The van der Waals surface area contributed by atoms with E-state index in [1.807, 2.05) is 23.6 Å². The summed E-state index contributed by atoms with van der Waals surface area (Å²) in [4.78, 5) is 16.3. The van der Waals surface area contributed by atoms with E-state index in [-0.39, 0.29) is 20.3 Å². The van der Waals surface area contributed by atoms with Crippen LogP contribution in [0.2, 0.25) is 0 Å². The molecule has 2 aromatic heterocycles. The minimum atomic E-state index is -0.0428. The molecule has 2 heterocycles. The molecule has 0 fully saturated rings. The normalized spacial score (nSPS) is 10.9. The average Bonchev–Trinajstić information content (AvgIpc) is 2.97. The first kappa shape index (κ1) is 10.8. The van der Waals surface area contributed by atoms with Gasteiger partial charge in [-0.15, -0.1) is 0 Å². The molecule has 0 saturated carbocycles. The van der Waals surface area contributed by atoms with Crippen molar-refractivity contribution in [3.05, 3.63) is 40.1 Å². The molecule has 6 heteroatoms. The summed E-state index contributed by atoms with van der Waals surface area (Å²) in [5.41, 5.74) is 0.0394. The molecule has 1 aromatic carbocycles. The topological polar surface area (TPSA) is 44.1 Å². The Morgan fingerprint density at radius 2 is 2.35 bits per heavy atom. The van der Waals surface area contributed by atoms with Crippen LogP contribution in [-0.4, -0.2) is 30.4 Å². The summed E-state index contributed by atoms with van der Waals surface area (Å²) in [5.74, 6) is 0.791. The van der Waals surface area contributed by atoms with Crippen LogP contribution in [0.25, 0.3) is 14.8 Å². The van der Waals surface area contributed by atoms with Crippen LogP contribution in [-0.2, 0) is 0 Å². The number of aromatic nitrogens is 2. The number of hydrogen-bond donors (Lipinski definition) is 0. The molecule has 0 atom stereocenters. The molecular formula is C11H8N2O2SSe. The minimum absolute atomic E-state index is 0.0394. The first-order chi connectivity index (χ1) is 8.29. The van der Waals surface area contributed by atoms with E-state index in [2.05, 4.69) is 4.98 Å². The fraction of sp³-hybridized carbons (Fsp3) is 0.0909. The first-order valence-electron chi connectivity index (χ1n) is 4.89. The molecule has 3 rings (SSSR count). The van der Waals surface area contributed by atoms with Gasteiger partial charge in [-0.3, -0.25) is 0 Å². The van der Waals surface area contributed by atoms with E-state index in [1.165, 1.54) is 11.3 Å². The second-order valence-electron chi connectivity index (χ2n) is 3.37. The summed E-state index contributed by atoms with van der Waals surface area (Å²) in [6.45, 7) is 0. The van der Waals surface area contributed by atoms with Crippen molar-refractivity contribution < 1.29 is 4.74 Å². The summed E-state index contributed by atoms with van der Waals surface area (Å²) >= 11 is 1.44. The van der Waals surface area contributed by atoms with Gasteiger partial charge in [-0.25, -0.2) is 0 Å². The number of methoxy groups -OCH3 is 1. The Morgan fingerprint density at radius 3 is 3.06 bits per heavy atom. The average molecular weight is 311 g/mol. The van der Waals surface area contributed by atoms with E-state index in [1.54, 1.807) is 16.9 Å². The predicted octanol–water partition coefficient (Wildman–Crippen LogP) is 1.51. The van der Waals surface area contributed by atoms with Crippen LogP contribution in [0.3, 0.4) is 0 Å². The summed E-state index contributed by atoms with van der Waals surface area (Å²) in [6, 6.07) is 5.57. The molecule has 0 aliphatic rings. The van der Waals surface area contributed by atoms with Gasteiger partial charge >= 0.3 is 107 Å². The zero-order valence-electron chi connectivity index (χ0n) is 8.91. The first-order valence-corrected chi connectivity index (χ1v) is 7.40. The van der Waals surface area contributed by atoms with Gasteiger partial charge in [0.1, 0.15) is 0 Å². The van der Waals surface area contributed by atoms with Crippen LogP contribution >= 0.6 is 11.3 Å². The molecular weight excluding hydrogens is 303 g/mol. The van der Waals surface area contributed by atoms with Crippen molar-refractivity contribution in [1.82, 2.24) is 8.55 Å². The summed E-state index contributed by atoms with van der Waals surface area (Å²) < 4.78 is 7.97. The molecule has 0 aliphatic heterocycles. The third-order valence-corrected chi connectivity index (χ3v) is 5.62. The van der Waals surface area contributed by atoms with Crippen LogP contribution in [0.15, 0.2) is 34.6 Å². The predicted molar refractivity (Wildman–Crippen MR) is 68.7 cm³/mol. The van der Waals surface area contributed by atoms with E-state index < -0.39 is 0 Å². The van der Waals surface area contributed by atoms with Gasteiger partial charge in [0.05, 0.1) is 0 Å². The summed E-state index contributed by atoms with van der Waals surface area (Å²) in [5, 5.41) is 3.41. The van der Waals surface area contributed by atoms with Crippen molar-refractivity contribution in [3.63, 3.8) is 0 Å². The van der Waals surface area contributed by atoms with Gasteiger partial charge in [-0.2, -0.15) is 0 Å². The number of thiazole rings is 1. The van der Waals surface area contributed by atoms with Crippen molar-refractivity contribution in [3.8, 4) is 10.9 Å². The fourth-order valence-corrected chi connectivity index (χ4v) is 4.52. The number of ether oxygens (including phenoxy) is 1. The Hall–Kier alpha value is -1.36. The van der Waals surface area contributed by atoms with Crippen molar-refractivity contribution >= 4 is 35.7 Å². The molecule has 0 amide bonds. The molecule has 86 valence electrons. The maximum atomic E-state index is 12.2. The van der Waals surface area contributed by atoms with Crippen molar-refractivity contribution in [2.24, 2.45) is 0 Å². The quantitative estimate of drug-likeness (QED) is 0.674. The zero-order valence-corrected chi connectivity index (χ0v) is 11.4.